The Morgan fingerprint density at radius 3 is 2.44 bits per heavy atom. The van der Waals surface area contributed by atoms with Crippen LogP contribution in [0.25, 0.3) is 0 Å². The standard InChI is InChI=1S/C12H18ClNO3S/c1-8(2)11(7-15)14-18(16,17)12-5-4-10(13)6-9(12)3/h4-6,8,11,14-15H,7H2,1-3H3/t11-/m1/s1. The summed E-state index contributed by atoms with van der Waals surface area (Å²) < 4.78 is 26.8. The van der Waals surface area contributed by atoms with Crippen molar-refractivity contribution in [3.05, 3.63) is 28.8 Å². The molecule has 6 heteroatoms. The van der Waals surface area contributed by atoms with E-state index >= 15 is 0 Å². The van der Waals surface area contributed by atoms with E-state index in [-0.39, 0.29) is 17.4 Å². The van der Waals surface area contributed by atoms with Crippen LogP contribution in [0.3, 0.4) is 0 Å². The van der Waals surface area contributed by atoms with E-state index in [1.807, 2.05) is 13.8 Å². The molecule has 0 bridgehead atoms. The smallest absolute Gasteiger partial charge is 0.241 e. The number of benzene rings is 1. The number of aliphatic hydroxyl groups is 1. The molecule has 0 saturated carbocycles. The summed E-state index contributed by atoms with van der Waals surface area (Å²) in [6.07, 6.45) is 0. The fourth-order valence-corrected chi connectivity index (χ4v) is 3.39. The van der Waals surface area contributed by atoms with Crippen molar-refractivity contribution < 1.29 is 13.5 Å². The first-order valence-corrected chi connectivity index (χ1v) is 7.53. The van der Waals surface area contributed by atoms with Gasteiger partial charge in [-0.2, -0.15) is 0 Å². The van der Waals surface area contributed by atoms with Crippen molar-refractivity contribution >= 4 is 21.6 Å². The van der Waals surface area contributed by atoms with Gasteiger partial charge in [0.05, 0.1) is 11.5 Å². The zero-order valence-corrected chi connectivity index (χ0v) is 12.2. The predicted octanol–water partition coefficient (Wildman–Crippen LogP) is 1.94. The van der Waals surface area contributed by atoms with Crippen molar-refractivity contribution in [3.8, 4) is 0 Å². The first-order chi connectivity index (χ1) is 8.27. The Labute approximate surface area is 113 Å². The average Bonchev–Trinajstić information content (AvgIpc) is 2.24. The van der Waals surface area contributed by atoms with E-state index in [0.717, 1.165) is 0 Å². The van der Waals surface area contributed by atoms with Crippen LogP contribution in [-0.2, 0) is 10.0 Å². The average molecular weight is 292 g/mol. The second kappa shape index (κ2) is 6.02. The summed E-state index contributed by atoms with van der Waals surface area (Å²) in [7, 11) is -3.63. The zero-order valence-electron chi connectivity index (χ0n) is 10.6. The van der Waals surface area contributed by atoms with Gasteiger partial charge < -0.3 is 5.11 Å². The van der Waals surface area contributed by atoms with Gasteiger partial charge in [0, 0.05) is 11.1 Å². The predicted molar refractivity (Wildman–Crippen MR) is 72.2 cm³/mol. The number of sulfonamides is 1. The fraction of sp³-hybridized carbons (Fsp3) is 0.500. The van der Waals surface area contributed by atoms with Gasteiger partial charge in [0.1, 0.15) is 0 Å². The lowest BCUT2D eigenvalue weighted by Gasteiger charge is -2.20. The molecule has 0 fully saturated rings. The van der Waals surface area contributed by atoms with Crippen LogP contribution in [0.5, 0.6) is 0 Å². The monoisotopic (exact) mass is 291 g/mol. The number of nitrogens with one attached hydrogen (secondary N) is 1. The third-order valence-electron chi connectivity index (χ3n) is 2.73. The summed E-state index contributed by atoms with van der Waals surface area (Å²) in [4.78, 5) is 0.186. The topological polar surface area (TPSA) is 66.4 Å². The van der Waals surface area contributed by atoms with Crippen LogP contribution in [0.2, 0.25) is 5.02 Å². The quantitative estimate of drug-likeness (QED) is 0.871. The second-order valence-electron chi connectivity index (χ2n) is 4.56. The fourth-order valence-electron chi connectivity index (χ4n) is 1.56. The highest BCUT2D eigenvalue weighted by Gasteiger charge is 2.23. The van der Waals surface area contributed by atoms with Crippen molar-refractivity contribution in [3.63, 3.8) is 0 Å². The molecule has 0 aliphatic carbocycles. The summed E-state index contributed by atoms with van der Waals surface area (Å²) in [6, 6.07) is 4.10. The number of halogens is 1. The number of hydrogen-bond donors (Lipinski definition) is 2. The molecule has 0 unspecified atom stereocenters. The number of hydrogen-bond acceptors (Lipinski definition) is 3. The van der Waals surface area contributed by atoms with Crippen LogP contribution in [-0.4, -0.2) is 26.2 Å². The Bertz CT molecular complexity index is 514. The summed E-state index contributed by atoms with van der Waals surface area (Å²) in [5.74, 6) is 0.0115. The minimum absolute atomic E-state index is 0.0115. The van der Waals surface area contributed by atoms with E-state index in [2.05, 4.69) is 4.72 Å². The number of aryl methyl sites for hydroxylation is 1. The first-order valence-electron chi connectivity index (χ1n) is 5.67. The molecule has 2 N–H and O–H groups in total. The van der Waals surface area contributed by atoms with Gasteiger partial charge in [0.2, 0.25) is 10.0 Å². The third kappa shape index (κ3) is 3.68. The molecule has 0 heterocycles. The van der Waals surface area contributed by atoms with Crippen LogP contribution in [0.4, 0.5) is 0 Å². The highest BCUT2D eigenvalue weighted by Crippen LogP contribution is 2.20. The lowest BCUT2D eigenvalue weighted by atomic mass is 10.1. The normalized spacial score (nSPS) is 13.9. The van der Waals surface area contributed by atoms with Gasteiger partial charge in [-0.05, 0) is 36.6 Å². The molecule has 0 radical (unpaired) electrons. The Morgan fingerprint density at radius 2 is 2.00 bits per heavy atom. The van der Waals surface area contributed by atoms with Gasteiger partial charge in [0.15, 0.2) is 0 Å². The summed E-state index contributed by atoms with van der Waals surface area (Å²) in [5, 5.41) is 9.67. The number of rotatable bonds is 5. The Hall–Kier alpha value is -0.620. The summed E-state index contributed by atoms with van der Waals surface area (Å²) in [6.45, 7) is 5.14. The molecule has 0 amide bonds. The van der Waals surface area contributed by atoms with Crippen molar-refractivity contribution in [2.75, 3.05) is 6.61 Å². The molecule has 102 valence electrons. The molecule has 1 atom stereocenters. The minimum Gasteiger partial charge on any atom is -0.395 e. The van der Waals surface area contributed by atoms with Crippen molar-refractivity contribution in [2.45, 2.75) is 31.7 Å². The maximum atomic E-state index is 12.2. The van der Waals surface area contributed by atoms with Crippen molar-refractivity contribution in [1.29, 1.82) is 0 Å². The molecule has 4 nitrogen and oxygen atoms in total. The lowest BCUT2D eigenvalue weighted by Crippen LogP contribution is -2.41. The SMILES string of the molecule is Cc1cc(Cl)ccc1S(=O)(=O)N[C@H](CO)C(C)C. The first kappa shape index (κ1) is 15.4. The molecule has 1 rings (SSSR count). The van der Waals surface area contributed by atoms with Crippen molar-refractivity contribution in [1.82, 2.24) is 4.72 Å². The molecule has 1 aromatic carbocycles. The van der Waals surface area contributed by atoms with Crippen LogP contribution in [0.1, 0.15) is 19.4 Å². The Morgan fingerprint density at radius 1 is 1.39 bits per heavy atom. The van der Waals surface area contributed by atoms with Crippen LogP contribution >= 0.6 is 11.6 Å². The molecule has 0 aliphatic heterocycles. The number of aliphatic hydroxyl groups excluding tert-OH is 1. The third-order valence-corrected chi connectivity index (χ3v) is 4.62. The van der Waals surface area contributed by atoms with E-state index in [4.69, 9.17) is 11.6 Å². The molecule has 0 saturated heterocycles. The summed E-state index contributed by atoms with van der Waals surface area (Å²) >= 11 is 5.80. The van der Waals surface area contributed by atoms with Gasteiger partial charge >= 0.3 is 0 Å². The molecule has 18 heavy (non-hydrogen) atoms. The maximum Gasteiger partial charge on any atom is 0.241 e. The second-order valence-corrected chi connectivity index (χ2v) is 6.68. The zero-order chi connectivity index (χ0) is 13.9. The highest BCUT2D eigenvalue weighted by molar-refractivity contribution is 7.89. The highest BCUT2D eigenvalue weighted by atomic mass is 35.5. The van der Waals surface area contributed by atoms with E-state index in [1.165, 1.54) is 12.1 Å². The molecule has 0 aromatic heterocycles. The molecule has 1 aromatic rings. The van der Waals surface area contributed by atoms with E-state index in [1.54, 1.807) is 13.0 Å². The van der Waals surface area contributed by atoms with Gasteiger partial charge in [-0.25, -0.2) is 13.1 Å². The van der Waals surface area contributed by atoms with Gasteiger partial charge in [-0.1, -0.05) is 25.4 Å². The minimum atomic E-state index is -3.63. The molecular formula is C12H18ClNO3S. The maximum absolute atomic E-state index is 12.2. The lowest BCUT2D eigenvalue weighted by molar-refractivity contribution is 0.227. The van der Waals surface area contributed by atoms with Crippen LogP contribution < -0.4 is 4.72 Å². The Balaban J connectivity index is 3.06. The van der Waals surface area contributed by atoms with Crippen molar-refractivity contribution in [2.24, 2.45) is 5.92 Å². The van der Waals surface area contributed by atoms with E-state index in [9.17, 15) is 13.5 Å². The summed E-state index contributed by atoms with van der Waals surface area (Å²) in [5.41, 5.74) is 0.579. The molecular weight excluding hydrogens is 274 g/mol. The van der Waals surface area contributed by atoms with Gasteiger partial charge in [-0.3, -0.25) is 0 Å². The van der Waals surface area contributed by atoms with Gasteiger partial charge in [0.25, 0.3) is 0 Å². The molecule has 0 aliphatic rings. The molecule has 0 spiro atoms. The largest absolute Gasteiger partial charge is 0.395 e. The Kier molecular flexibility index (Phi) is 5.16. The van der Waals surface area contributed by atoms with E-state index < -0.39 is 16.1 Å². The van der Waals surface area contributed by atoms with Crippen LogP contribution in [0, 0.1) is 12.8 Å². The van der Waals surface area contributed by atoms with Crippen LogP contribution in [0.15, 0.2) is 23.1 Å². The van der Waals surface area contributed by atoms with E-state index in [0.29, 0.717) is 10.6 Å². The van der Waals surface area contributed by atoms with Gasteiger partial charge in [-0.15, -0.1) is 0 Å².